The van der Waals surface area contributed by atoms with E-state index in [-0.39, 0.29) is 13.2 Å². The Labute approximate surface area is 119 Å². The van der Waals surface area contributed by atoms with Crippen LogP contribution in [0.4, 0.5) is 0 Å². The van der Waals surface area contributed by atoms with Gasteiger partial charge in [-0.1, -0.05) is 0 Å². The van der Waals surface area contributed by atoms with Gasteiger partial charge >= 0.3 is 5.97 Å². The highest BCUT2D eigenvalue weighted by molar-refractivity contribution is 5.77. The maximum atomic E-state index is 11.4. The van der Waals surface area contributed by atoms with E-state index in [9.17, 15) is 14.7 Å². The highest BCUT2D eigenvalue weighted by atomic mass is 16.5. The average Bonchev–Trinajstić information content (AvgIpc) is 2.24. The first-order valence-corrected chi connectivity index (χ1v) is 6.44. The molecule has 0 aromatic carbocycles. The Bertz CT molecular complexity index is 321. The molecular weight excluding hydrogens is 266 g/mol. The Morgan fingerprint density at radius 1 is 1.15 bits per heavy atom. The smallest absolute Gasteiger partial charge is 0.329 e. The molecule has 0 unspecified atom stereocenters. The molecular formula is C13H25NO6. The fraction of sp³-hybridized carbons (Fsp3) is 0.846. The van der Waals surface area contributed by atoms with Gasteiger partial charge in [0.2, 0.25) is 5.91 Å². The first-order valence-electron chi connectivity index (χ1n) is 6.44. The molecule has 0 aliphatic rings. The van der Waals surface area contributed by atoms with Gasteiger partial charge in [-0.3, -0.25) is 4.79 Å². The van der Waals surface area contributed by atoms with Gasteiger partial charge < -0.3 is 25.0 Å². The largest absolute Gasteiger partial charge is 0.480 e. The zero-order chi connectivity index (χ0) is 15.8. The summed E-state index contributed by atoms with van der Waals surface area (Å²) in [6.45, 7) is 6.88. The standard InChI is InChI=1S/C13H25NO6/c1-12(2,18)5-6-20-13(3,4)9-14-10(15)7-19-8-11(16)17/h18H,5-9H2,1-4H3,(H,14,15)(H,16,17). The number of hydrogen-bond donors (Lipinski definition) is 3. The Morgan fingerprint density at radius 3 is 2.25 bits per heavy atom. The Balaban J connectivity index is 3.85. The van der Waals surface area contributed by atoms with Crippen LogP contribution in [0.25, 0.3) is 0 Å². The topological polar surface area (TPSA) is 105 Å². The van der Waals surface area contributed by atoms with Crippen molar-refractivity contribution < 1.29 is 29.3 Å². The van der Waals surface area contributed by atoms with Gasteiger partial charge in [-0.25, -0.2) is 4.79 Å². The van der Waals surface area contributed by atoms with E-state index >= 15 is 0 Å². The third-order valence-corrected chi connectivity index (χ3v) is 2.38. The number of aliphatic carboxylic acids is 1. The Kier molecular flexibility index (Phi) is 7.70. The van der Waals surface area contributed by atoms with Gasteiger partial charge in [0.25, 0.3) is 0 Å². The lowest BCUT2D eigenvalue weighted by Crippen LogP contribution is -2.42. The summed E-state index contributed by atoms with van der Waals surface area (Å²) >= 11 is 0. The summed E-state index contributed by atoms with van der Waals surface area (Å²) in [5, 5.41) is 20.5. The zero-order valence-electron chi connectivity index (χ0n) is 12.6. The molecule has 0 atom stereocenters. The normalized spacial score (nSPS) is 12.2. The maximum Gasteiger partial charge on any atom is 0.329 e. The second-order valence-electron chi connectivity index (χ2n) is 5.83. The number of aliphatic hydroxyl groups is 1. The molecule has 3 N–H and O–H groups in total. The van der Waals surface area contributed by atoms with Crippen molar-refractivity contribution in [1.29, 1.82) is 0 Å². The quantitative estimate of drug-likeness (QED) is 0.529. The number of ether oxygens (including phenoxy) is 2. The van der Waals surface area contributed by atoms with E-state index in [4.69, 9.17) is 9.84 Å². The van der Waals surface area contributed by atoms with Gasteiger partial charge in [0.1, 0.15) is 13.2 Å². The summed E-state index contributed by atoms with van der Waals surface area (Å²) in [5.41, 5.74) is -1.36. The minimum Gasteiger partial charge on any atom is -0.480 e. The Morgan fingerprint density at radius 2 is 1.75 bits per heavy atom. The second kappa shape index (κ2) is 8.18. The number of carbonyl (C=O) groups excluding carboxylic acids is 1. The van der Waals surface area contributed by atoms with E-state index in [1.165, 1.54) is 0 Å². The molecule has 7 heteroatoms. The Hall–Kier alpha value is -1.18. The maximum absolute atomic E-state index is 11.4. The molecule has 7 nitrogen and oxygen atoms in total. The molecule has 0 aliphatic carbocycles. The summed E-state index contributed by atoms with van der Waals surface area (Å²) in [6.07, 6.45) is 0.492. The molecule has 0 bridgehead atoms. The van der Waals surface area contributed by atoms with Crippen molar-refractivity contribution in [3.05, 3.63) is 0 Å². The molecule has 0 spiro atoms. The molecule has 0 rings (SSSR count). The lowest BCUT2D eigenvalue weighted by atomic mass is 10.1. The molecule has 0 aliphatic heterocycles. The molecule has 0 aromatic heterocycles. The molecule has 0 saturated carbocycles. The van der Waals surface area contributed by atoms with Crippen LogP contribution in [0.5, 0.6) is 0 Å². The molecule has 0 radical (unpaired) electrons. The van der Waals surface area contributed by atoms with E-state index in [0.717, 1.165) is 0 Å². The predicted octanol–water partition coefficient (Wildman–Crippen LogP) is 0.160. The van der Waals surface area contributed by atoms with Crippen molar-refractivity contribution in [2.45, 2.75) is 45.3 Å². The van der Waals surface area contributed by atoms with Crippen LogP contribution in [-0.4, -0.2) is 59.7 Å². The van der Waals surface area contributed by atoms with Crippen LogP contribution in [0.2, 0.25) is 0 Å². The number of amides is 1. The third kappa shape index (κ3) is 11.9. The fourth-order valence-electron chi connectivity index (χ4n) is 1.22. The van der Waals surface area contributed by atoms with E-state index in [2.05, 4.69) is 10.1 Å². The summed E-state index contributed by atoms with van der Waals surface area (Å²) in [6, 6.07) is 0. The van der Waals surface area contributed by atoms with E-state index in [1.807, 2.05) is 13.8 Å². The minimum absolute atomic E-state index is 0.272. The van der Waals surface area contributed by atoms with E-state index in [0.29, 0.717) is 13.0 Å². The van der Waals surface area contributed by atoms with E-state index < -0.39 is 29.7 Å². The zero-order valence-corrected chi connectivity index (χ0v) is 12.6. The molecule has 118 valence electrons. The van der Waals surface area contributed by atoms with Crippen LogP contribution in [0.1, 0.15) is 34.1 Å². The number of nitrogens with one attached hydrogen (secondary N) is 1. The monoisotopic (exact) mass is 291 g/mol. The number of rotatable bonds is 10. The van der Waals surface area contributed by atoms with E-state index in [1.54, 1.807) is 13.8 Å². The minimum atomic E-state index is -1.12. The van der Waals surface area contributed by atoms with Crippen LogP contribution in [0.15, 0.2) is 0 Å². The van der Waals surface area contributed by atoms with Gasteiger partial charge in [-0.05, 0) is 34.1 Å². The summed E-state index contributed by atoms with van der Waals surface area (Å²) in [4.78, 5) is 21.6. The lowest BCUT2D eigenvalue weighted by molar-refractivity contribution is -0.143. The predicted molar refractivity (Wildman–Crippen MR) is 72.4 cm³/mol. The van der Waals surface area contributed by atoms with Crippen molar-refractivity contribution in [2.24, 2.45) is 0 Å². The fourth-order valence-corrected chi connectivity index (χ4v) is 1.22. The average molecular weight is 291 g/mol. The van der Waals surface area contributed by atoms with Gasteiger partial charge in [0, 0.05) is 6.54 Å². The van der Waals surface area contributed by atoms with Crippen molar-refractivity contribution in [3.63, 3.8) is 0 Å². The number of carboxylic acids is 1. The molecule has 1 amide bonds. The highest BCUT2D eigenvalue weighted by Gasteiger charge is 2.21. The van der Waals surface area contributed by atoms with Crippen LogP contribution >= 0.6 is 0 Å². The molecule has 0 fully saturated rings. The van der Waals surface area contributed by atoms with Gasteiger partial charge in [0.15, 0.2) is 0 Å². The van der Waals surface area contributed by atoms with Crippen molar-refractivity contribution >= 4 is 11.9 Å². The number of hydrogen-bond acceptors (Lipinski definition) is 5. The first kappa shape index (κ1) is 18.8. The number of carbonyl (C=O) groups is 2. The third-order valence-electron chi connectivity index (χ3n) is 2.38. The molecule has 20 heavy (non-hydrogen) atoms. The van der Waals surface area contributed by atoms with Crippen molar-refractivity contribution in [3.8, 4) is 0 Å². The SMILES string of the molecule is CC(C)(O)CCOC(C)(C)CNC(=O)COCC(=O)O. The number of carboxylic acid groups (broad SMARTS) is 1. The summed E-state index contributed by atoms with van der Waals surface area (Å²) < 4.78 is 10.3. The van der Waals surface area contributed by atoms with Crippen LogP contribution < -0.4 is 5.32 Å². The van der Waals surface area contributed by atoms with Crippen LogP contribution in [0.3, 0.4) is 0 Å². The van der Waals surface area contributed by atoms with Gasteiger partial charge in [-0.2, -0.15) is 0 Å². The molecule has 0 aromatic rings. The van der Waals surface area contributed by atoms with Crippen LogP contribution in [-0.2, 0) is 19.1 Å². The highest BCUT2D eigenvalue weighted by Crippen LogP contribution is 2.12. The molecule has 0 heterocycles. The van der Waals surface area contributed by atoms with Gasteiger partial charge in [-0.15, -0.1) is 0 Å². The summed E-state index contributed by atoms with van der Waals surface area (Å²) in [7, 11) is 0. The first-order chi connectivity index (χ1) is 9.02. The summed E-state index contributed by atoms with van der Waals surface area (Å²) in [5.74, 6) is -1.52. The lowest BCUT2D eigenvalue weighted by Gasteiger charge is -2.27. The van der Waals surface area contributed by atoms with Crippen LogP contribution in [0, 0.1) is 0 Å². The molecule has 0 saturated heterocycles. The van der Waals surface area contributed by atoms with Crippen molar-refractivity contribution in [1.82, 2.24) is 5.32 Å². The van der Waals surface area contributed by atoms with Crippen molar-refractivity contribution in [2.75, 3.05) is 26.4 Å². The second-order valence-corrected chi connectivity index (χ2v) is 5.83. The van der Waals surface area contributed by atoms with Gasteiger partial charge in [0.05, 0.1) is 17.8 Å².